The van der Waals surface area contributed by atoms with Crippen LogP contribution in [0.5, 0.6) is 0 Å². The summed E-state index contributed by atoms with van der Waals surface area (Å²) in [6.45, 7) is 0. The van der Waals surface area contributed by atoms with Crippen molar-refractivity contribution in [1.29, 1.82) is 0 Å². The molecule has 232 valence electrons. The largest absolute Gasteiger partial charge is 0.452 e. The van der Waals surface area contributed by atoms with Gasteiger partial charge in [0.2, 0.25) is 0 Å². The lowest BCUT2D eigenvalue weighted by Crippen LogP contribution is -1.90. The Kier molecular flexibility index (Phi) is 5.70. The summed E-state index contributed by atoms with van der Waals surface area (Å²) in [6.07, 6.45) is 0. The van der Waals surface area contributed by atoms with E-state index in [4.69, 9.17) is 8.83 Å². The van der Waals surface area contributed by atoms with Gasteiger partial charge in [-0.15, -0.1) is 0 Å². The van der Waals surface area contributed by atoms with Gasteiger partial charge in [0, 0.05) is 21.5 Å². The Morgan fingerprint density at radius 1 is 0.260 bits per heavy atom. The quantitative estimate of drug-likeness (QED) is 0.180. The number of rotatable bonds is 3. The molecular weight excluding hydrogens is 609 g/mol. The van der Waals surface area contributed by atoms with Crippen molar-refractivity contribution in [3.05, 3.63) is 170 Å². The second-order valence-electron chi connectivity index (χ2n) is 13.2. The Hall–Kier alpha value is -6.64. The molecule has 0 bridgehead atoms. The second-order valence-corrected chi connectivity index (χ2v) is 13.2. The van der Waals surface area contributed by atoms with Crippen molar-refractivity contribution in [1.82, 2.24) is 0 Å². The molecule has 0 spiro atoms. The highest BCUT2D eigenvalue weighted by atomic mass is 16.4. The lowest BCUT2D eigenvalue weighted by atomic mass is 9.85. The Morgan fingerprint density at radius 2 is 0.700 bits per heavy atom. The van der Waals surface area contributed by atoms with Crippen LogP contribution in [0.4, 0.5) is 0 Å². The van der Waals surface area contributed by atoms with Crippen LogP contribution in [0.1, 0.15) is 0 Å². The predicted molar refractivity (Wildman–Crippen MR) is 210 cm³/mol. The SMILES string of the molecule is c1ccc(-c2c3ccccc3c(-c3ccc4cc(-c5ccc6c(c5)oc5c6ccc6c7ccccc7oc65)ccc4c3)c3ccccc23)cc1. The molecule has 0 aliphatic rings. The molecule has 0 radical (unpaired) electrons. The minimum atomic E-state index is 0.800. The fourth-order valence-corrected chi connectivity index (χ4v) is 8.13. The monoisotopic (exact) mass is 636 g/mol. The molecule has 2 heterocycles. The van der Waals surface area contributed by atoms with Crippen LogP contribution in [0.15, 0.2) is 179 Å². The molecule has 0 N–H and O–H groups in total. The van der Waals surface area contributed by atoms with Crippen LogP contribution in [-0.4, -0.2) is 0 Å². The summed E-state index contributed by atoms with van der Waals surface area (Å²) >= 11 is 0. The minimum absolute atomic E-state index is 0.800. The molecule has 50 heavy (non-hydrogen) atoms. The van der Waals surface area contributed by atoms with E-state index < -0.39 is 0 Å². The van der Waals surface area contributed by atoms with Crippen LogP contribution in [0.25, 0.3) is 110 Å². The third-order valence-corrected chi connectivity index (χ3v) is 10.4. The molecule has 0 aliphatic heterocycles. The first-order chi connectivity index (χ1) is 24.8. The van der Waals surface area contributed by atoms with E-state index in [1.165, 1.54) is 54.6 Å². The topological polar surface area (TPSA) is 26.3 Å². The molecular formula is C48H28O2. The number of para-hydroxylation sites is 1. The van der Waals surface area contributed by atoms with Crippen molar-refractivity contribution < 1.29 is 8.83 Å². The molecule has 2 aromatic heterocycles. The minimum Gasteiger partial charge on any atom is -0.452 e. The lowest BCUT2D eigenvalue weighted by Gasteiger charge is -2.18. The van der Waals surface area contributed by atoms with Gasteiger partial charge in [-0.1, -0.05) is 127 Å². The predicted octanol–water partition coefficient (Wildman–Crippen LogP) is 13.9. The summed E-state index contributed by atoms with van der Waals surface area (Å²) in [7, 11) is 0. The number of benzene rings is 9. The normalized spacial score (nSPS) is 12.0. The van der Waals surface area contributed by atoms with Crippen molar-refractivity contribution in [2.75, 3.05) is 0 Å². The van der Waals surface area contributed by atoms with E-state index in [0.29, 0.717) is 0 Å². The highest BCUT2D eigenvalue weighted by Crippen LogP contribution is 2.44. The molecule has 0 unspecified atom stereocenters. The highest BCUT2D eigenvalue weighted by Gasteiger charge is 2.18. The zero-order valence-corrected chi connectivity index (χ0v) is 27.0. The molecule has 0 amide bonds. The fraction of sp³-hybridized carbons (Fsp3) is 0. The molecule has 2 nitrogen and oxygen atoms in total. The van der Waals surface area contributed by atoms with E-state index in [0.717, 1.165) is 55.0 Å². The van der Waals surface area contributed by atoms with E-state index >= 15 is 0 Å². The van der Waals surface area contributed by atoms with Gasteiger partial charge in [0.15, 0.2) is 11.2 Å². The molecule has 11 aromatic rings. The van der Waals surface area contributed by atoms with Crippen LogP contribution in [-0.2, 0) is 0 Å². The zero-order valence-electron chi connectivity index (χ0n) is 27.0. The fourth-order valence-electron chi connectivity index (χ4n) is 8.13. The van der Waals surface area contributed by atoms with Gasteiger partial charge in [-0.05, 0) is 108 Å². The molecule has 11 rings (SSSR count). The van der Waals surface area contributed by atoms with E-state index in [1.54, 1.807) is 0 Å². The first kappa shape index (κ1) is 27.3. The first-order valence-corrected chi connectivity index (χ1v) is 17.1. The van der Waals surface area contributed by atoms with Crippen molar-refractivity contribution in [2.45, 2.75) is 0 Å². The van der Waals surface area contributed by atoms with Crippen LogP contribution >= 0.6 is 0 Å². The van der Waals surface area contributed by atoms with Crippen LogP contribution in [0.2, 0.25) is 0 Å². The molecule has 9 aromatic carbocycles. The summed E-state index contributed by atoms with van der Waals surface area (Å²) in [5, 5.41) is 11.8. The smallest absolute Gasteiger partial charge is 0.178 e. The average molecular weight is 637 g/mol. The van der Waals surface area contributed by atoms with Gasteiger partial charge in [0.1, 0.15) is 11.2 Å². The van der Waals surface area contributed by atoms with Crippen LogP contribution < -0.4 is 0 Å². The van der Waals surface area contributed by atoms with Crippen molar-refractivity contribution in [3.63, 3.8) is 0 Å². The lowest BCUT2D eigenvalue weighted by molar-refractivity contribution is 0.633. The number of hydrogen-bond acceptors (Lipinski definition) is 2. The molecule has 0 saturated carbocycles. The first-order valence-electron chi connectivity index (χ1n) is 17.1. The van der Waals surface area contributed by atoms with E-state index in [-0.39, 0.29) is 0 Å². The van der Waals surface area contributed by atoms with Gasteiger partial charge in [-0.2, -0.15) is 0 Å². The Balaban J connectivity index is 1.04. The van der Waals surface area contributed by atoms with Crippen molar-refractivity contribution in [3.8, 4) is 33.4 Å². The van der Waals surface area contributed by atoms with E-state index in [2.05, 4.69) is 152 Å². The zero-order chi connectivity index (χ0) is 32.8. The van der Waals surface area contributed by atoms with Gasteiger partial charge >= 0.3 is 0 Å². The third-order valence-electron chi connectivity index (χ3n) is 10.4. The molecule has 2 heteroatoms. The second kappa shape index (κ2) is 10.4. The number of hydrogen-bond donors (Lipinski definition) is 0. The highest BCUT2D eigenvalue weighted by molar-refractivity contribution is 6.22. The van der Waals surface area contributed by atoms with Gasteiger partial charge in [0.25, 0.3) is 0 Å². The van der Waals surface area contributed by atoms with E-state index in [9.17, 15) is 0 Å². The maximum atomic E-state index is 6.52. The summed E-state index contributed by atoms with van der Waals surface area (Å²) < 4.78 is 12.8. The molecule has 0 saturated heterocycles. The standard InChI is InChI=1S/C48H28O2/c1-2-10-29(11-3-1)45-37-13-4-6-15-39(37)46(40-16-7-5-14-38(40)45)34-21-20-30-26-31(18-19-32(30)27-34)33-22-23-36-42-25-24-41-35-12-8-9-17-43(35)49-47(41)48(42)50-44(36)28-33/h1-28H. The maximum absolute atomic E-state index is 6.52. The van der Waals surface area contributed by atoms with Gasteiger partial charge in [-0.25, -0.2) is 0 Å². The maximum Gasteiger partial charge on any atom is 0.178 e. The van der Waals surface area contributed by atoms with Crippen molar-refractivity contribution >= 4 is 76.2 Å². The van der Waals surface area contributed by atoms with Crippen molar-refractivity contribution in [2.24, 2.45) is 0 Å². The van der Waals surface area contributed by atoms with E-state index in [1.807, 2.05) is 18.2 Å². The number of fused-ring (bicyclic) bond motifs is 10. The summed E-state index contributed by atoms with van der Waals surface area (Å²) in [6, 6.07) is 61.1. The Morgan fingerprint density at radius 3 is 1.36 bits per heavy atom. The average Bonchev–Trinajstić information content (AvgIpc) is 3.75. The third kappa shape index (κ3) is 3.96. The molecule has 0 fully saturated rings. The summed E-state index contributed by atoms with van der Waals surface area (Å²) in [5.74, 6) is 0. The van der Waals surface area contributed by atoms with Crippen LogP contribution in [0.3, 0.4) is 0 Å². The molecule has 0 atom stereocenters. The molecule has 0 aliphatic carbocycles. The number of furan rings is 2. The van der Waals surface area contributed by atoms with Gasteiger partial charge < -0.3 is 8.83 Å². The Labute approximate surface area is 287 Å². The Bertz CT molecular complexity index is 3080. The summed E-state index contributed by atoms with van der Waals surface area (Å²) in [5.41, 5.74) is 10.6. The summed E-state index contributed by atoms with van der Waals surface area (Å²) in [4.78, 5) is 0. The van der Waals surface area contributed by atoms with Crippen LogP contribution in [0, 0.1) is 0 Å². The van der Waals surface area contributed by atoms with Gasteiger partial charge in [-0.3, -0.25) is 0 Å². The van der Waals surface area contributed by atoms with Gasteiger partial charge in [0.05, 0.1) is 0 Å².